The number of carbonyl (C=O) groups is 2. The Hall–Kier alpha value is -5.26. The molecule has 1 heterocycles. The smallest absolute Gasteiger partial charge is 0.342 e. The summed E-state index contributed by atoms with van der Waals surface area (Å²) < 4.78 is 42.2. The molecule has 0 radical (unpaired) electrons. The van der Waals surface area contributed by atoms with E-state index in [2.05, 4.69) is 4.98 Å². The minimum absolute atomic E-state index is 0.0364. The minimum Gasteiger partial charge on any atom is -0.488 e. The minimum atomic E-state index is -4.01. The Morgan fingerprint density at radius 1 is 0.837 bits per heavy atom. The van der Waals surface area contributed by atoms with Crippen LogP contribution in [0.1, 0.15) is 44.0 Å². The number of hydrogen-bond acceptors (Lipinski definition) is 7. The molecule has 1 aromatic heterocycles. The summed E-state index contributed by atoms with van der Waals surface area (Å²) in [7, 11) is -0.809. The van der Waals surface area contributed by atoms with Gasteiger partial charge in [0.15, 0.2) is 0 Å². The summed E-state index contributed by atoms with van der Waals surface area (Å²) in [6.07, 6.45) is 3.38. The Morgan fingerprint density at radius 2 is 1.45 bits per heavy atom. The molecule has 0 saturated heterocycles. The second-order valence-corrected chi connectivity index (χ2v) is 13.9. The zero-order valence-electron chi connectivity index (χ0n) is 28.3. The van der Waals surface area contributed by atoms with Gasteiger partial charge >= 0.3 is 5.97 Å². The second kappa shape index (κ2) is 15.3. The maximum absolute atomic E-state index is 14.1. The predicted octanol–water partition coefficient (Wildman–Crippen LogP) is 6.14. The molecule has 4 aromatic carbocycles. The molecule has 0 fully saturated rings. The van der Waals surface area contributed by atoms with Gasteiger partial charge in [0, 0.05) is 38.2 Å². The third-order valence-corrected chi connectivity index (χ3v) is 10.2. The number of carbonyl (C=O) groups excluding carboxylic acids is 2. The summed E-state index contributed by atoms with van der Waals surface area (Å²) in [5.41, 5.74) is 4.46. The van der Waals surface area contributed by atoms with Crippen LogP contribution < -0.4 is 9.64 Å². The molecule has 49 heavy (non-hydrogen) atoms. The van der Waals surface area contributed by atoms with Gasteiger partial charge in [0.25, 0.3) is 0 Å². The van der Waals surface area contributed by atoms with E-state index in [1.807, 2.05) is 86.8 Å². The van der Waals surface area contributed by atoms with Crippen LogP contribution in [0.2, 0.25) is 0 Å². The van der Waals surface area contributed by atoms with Crippen molar-refractivity contribution < 1.29 is 27.5 Å². The van der Waals surface area contributed by atoms with Crippen LogP contribution in [0.4, 0.5) is 5.69 Å². The molecule has 5 rings (SSSR count). The number of esters is 1. The predicted molar refractivity (Wildman–Crippen MR) is 188 cm³/mol. The molecular weight excluding hydrogens is 641 g/mol. The number of aromatic nitrogens is 2. The summed E-state index contributed by atoms with van der Waals surface area (Å²) in [4.78, 5) is 33.5. The third-order valence-electron chi connectivity index (χ3n) is 8.10. The molecule has 0 N–H and O–H groups in total. The van der Waals surface area contributed by atoms with E-state index in [1.165, 1.54) is 11.9 Å². The first kappa shape index (κ1) is 35.1. The molecule has 0 spiro atoms. The Balaban J connectivity index is 1.48. The van der Waals surface area contributed by atoms with E-state index in [4.69, 9.17) is 9.47 Å². The fourth-order valence-corrected chi connectivity index (χ4v) is 7.13. The average molecular weight is 681 g/mol. The number of hydrogen-bond donors (Lipinski definition) is 0. The van der Waals surface area contributed by atoms with Gasteiger partial charge < -0.3 is 18.9 Å². The van der Waals surface area contributed by atoms with Gasteiger partial charge in [-0.05, 0) is 55.2 Å². The van der Waals surface area contributed by atoms with Crippen LogP contribution >= 0.6 is 0 Å². The van der Waals surface area contributed by atoms with E-state index >= 15 is 0 Å². The highest BCUT2D eigenvalue weighted by atomic mass is 32.2. The van der Waals surface area contributed by atoms with Crippen LogP contribution in [0.25, 0.3) is 0 Å². The Kier molecular flexibility index (Phi) is 11.0. The number of aryl methyl sites for hydroxylation is 4. The quantitative estimate of drug-likeness (QED) is 0.138. The van der Waals surface area contributed by atoms with E-state index in [-0.39, 0.29) is 36.0 Å². The molecule has 0 atom stereocenters. The average Bonchev–Trinajstić information content (AvgIpc) is 3.49. The molecule has 0 bridgehead atoms. The van der Waals surface area contributed by atoms with Crippen molar-refractivity contribution in [2.45, 2.75) is 45.4 Å². The largest absolute Gasteiger partial charge is 0.488 e. The third kappa shape index (κ3) is 8.43. The van der Waals surface area contributed by atoms with Gasteiger partial charge in [0.2, 0.25) is 15.9 Å². The van der Waals surface area contributed by atoms with E-state index in [1.54, 1.807) is 49.0 Å². The summed E-state index contributed by atoms with van der Waals surface area (Å²) in [6.45, 7) is 5.23. The number of ether oxygens (including phenoxy) is 2. The van der Waals surface area contributed by atoms with Gasteiger partial charge in [0.1, 0.15) is 30.4 Å². The number of rotatable bonds is 13. The molecule has 0 aliphatic heterocycles. The standard InChI is InChI=1S/C38H40N4O6S/c1-27-20-28(2)37(29(3)21-27)49(45,46)41(5)24-36(43)42(23-35-39-18-19-40(35)4)32-16-17-33(38(44)48-26-31-14-10-7-11-15-31)34(22-32)47-25-30-12-8-6-9-13-30/h6-22H,23-26H2,1-5H3. The highest BCUT2D eigenvalue weighted by molar-refractivity contribution is 7.89. The molecule has 0 aliphatic carbocycles. The molecule has 1 amide bonds. The normalized spacial score (nSPS) is 11.4. The number of sulfonamides is 1. The van der Waals surface area contributed by atoms with Crippen LogP contribution in [-0.2, 0) is 46.4 Å². The van der Waals surface area contributed by atoms with Gasteiger partial charge in [-0.3, -0.25) is 4.79 Å². The lowest BCUT2D eigenvalue weighted by atomic mass is 10.1. The SMILES string of the molecule is Cc1cc(C)c(S(=O)(=O)N(C)CC(=O)N(Cc2nccn2C)c2ccc(C(=O)OCc3ccccc3)c(OCc3ccccc3)c2)c(C)c1. The lowest BCUT2D eigenvalue weighted by Gasteiger charge is -2.27. The number of imidazole rings is 1. The summed E-state index contributed by atoms with van der Waals surface area (Å²) in [6, 6.07) is 27.2. The monoisotopic (exact) mass is 680 g/mol. The molecule has 254 valence electrons. The topological polar surface area (TPSA) is 111 Å². The number of likely N-dealkylation sites (N-methyl/N-ethyl adjacent to an activating group) is 1. The van der Waals surface area contributed by atoms with Gasteiger partial charge in [-0.2, -0.15) is 4.31 Å². The van der Waals surface area contributed by atoms with Gasteiger partial charge in [0.05, 0.1) is 18.0 Å². The van der Waals surface area contributed by atoms with E-state index in [9.17, 15) is 18.0 Å². The highest BCUT2D eigenvalue weighted by Gasteiger charge is 2.30. The number of nitrogens with zero attached hydrogens (tertiary/aromatic N) is 4. The highest BCUT2D eigenvalue weighted by Crippen LogP contribution is 2.30. The maximum atomic E-state index is 14.1. The lowest BCUT2D eigenvalue weighted by Crippen LogP contribution is -2.41. The van der Waals surface area contributed by atoms with E-state index in [0.29, 0.717) is 22.6 Å². The van der Waals surface area contributed by atoms with E-state index < -0.39 is 28.4 Å². The Labute approximate surface area is 287 Å². The molecule has 0 saturated carbocycles. The van der Waals surface area contributed by atoms with E-state index in [0.717, 1.165) is 21.0 Å². The van der Waals surface area contributed by atoms with Gasteiger partial charge in [-0.15, -0.1) is 0 Å². The van der Waals surface area contributed by atoms with Crippen LogP contribution in [0.15, 0.2) is 108 Å². The zero-order valence-corrected chi connectivity index (χ0v) is 29.1. The number of anilines is 1. The summed E-state index contributed by atoms with van der Waals surface area (Å²) in [5, 5.41) is 0. The first-order valence-corrected chi connectivity index (χ1v) is 17.2. The van der Waals surface area contributed by atoms with Crippen LogP contribution in [-0.4, -0.2) is 47.7 Å². The van der Waals surface area contributed by atoms with Crippen molar-refractivity contribution in [1.82, 2.24) is 13.9 Å². The molecular formula is C38H40N4O6S. The molecule has 0 aliphatic rings. The Bertz CT molecular complexity index is 2020. The summed E-state index contributed by atoms with van der Waals surface area (Å²) >= 11 is 0. The number of benzene rings is 4. The second-order valence-electron chi connectivity index (χ2n) is 11.9. The Morgan fingerprint density at radius 3 is 2.04 bits per heavy atom. The fraction of sp³-hybridized carbons (Fsp3) is 0.237. The van der Waals surface area contributed by atoms with Crippen molar-refractivity contribution in [2.24, 2.45) is 7.05 Å². The maximum Gasteiger partial charge on any atom is 0.342 e. The zero-order chi connectivity index (χ0) is 35.1. The lowest BCUT2D eigenvalue weighted by molar-refractivity contribution is -0.118. The van der Waals surface area contributed by atoms with Crippen molar-refractivity contribution in [1.29, 1.82) is 0 Å². The van der Waals surface area contributed by atoms with Crippen molar-refractivity contribution >= 4 is 27.6 Å². The van der Waals surface area contributed by atoms with Crippen LogP contribution in [0.3, 0.4) is 0 Å². The first-order chi connectivity index (χ1) is 23.4. The van der Waals surface area contributed by atoms with Gasteiger partial charge in [-0.25, -0.2) is 18.2 Å². The number of amides is 1. The fourth-order valence-electron chi connectivity index (χ4n) is 5.61. The molecule has 5 aromatic rings. The molecule has 10 nitrogen and oxygen atoms in total. The first-order valence-electron chi connectivity index (χ1n) is 15.8. The summed E-state index contributed by atoms with van der Waals surface area (Å²) in [5.74, 6) is -0.300. The van der Waals surface area contributed by atoms with Crippen molar-refractivity contribution in [3.63, 3.8) is 0 Å². The molecule has 0 unspecified atom stereocenters. The van der Waals surface area contributed by atoms with Crippen molar-refractivity contribution in [3.05, 3.63) is 143 Å². The van der Waals surface area contributed by atoms with Gasteiger partial charge in [-0.1, -0.05) is 78.4 Å². The molecule has 11 heteroatoms. The van der Waals surface area contributed by atoms with Crippen LogP contribution in [0, 0.1) is 20.8 Å². The van der Waals surface area contributed by atoms with Crippen LogP contribution in [0.5, 0.6) is 5.75 Å². The van der Waals surface area contributed by atoms with Crippen molar-refractivity contribution in [2.75, 3.05) is 18.5 Å². The van der Waals surface area contributed by atoms with Crippen molar-refractivity contribution in [3.8, 4) is 5.75 Å².